The fraction of sp³-hybridized carbons (Fsp3) is 0.615. The minimum Gasteiger partial charge on any atom is -0.377 e. The quantitative estimate of drug-likeness (QED) is 0.172. The van der Waals surface area contributed by atoms with Crippen LogP contribution in [0.2, 0.25) is 12.1 Å². The monoisotopic (exact) mass is 566 g/mol. The molecule has 0 unspecified atom stereocenters. The van der Waals surface area contributed by atoms with Gasteiger partial charge in [-0.1, -0.05) is 0 Å². The molecule has 2 rings (SSSR count). The molecule has 12 heteroatoms. The van der Waals surface area contributed by atoms with Crippen molar-refractivity contribution in [1.29, 1.82) is 0 Å². The zero-order valence-corrected chi connectivity index (χ0v) is 25.9. The van der Waals surface area contributed by atoms with Gasteiger partial charge < -0.3 is 37.2 Å². The van der Waals surface area contributed by atoms with Gasteiger partial charge in [0, 0.05) is 79.2 Å². The van der Waals surface area contributed by atoms with E-state index in [1.54, 1.807) is 28.4 Å². The molecule has 214 valence electrons. The summed E-state index contributed by atoms with van der Waals surface area (Å²) < 4.78 is 33.8. The second-order valence-electron chi connectivity index (χ2n) is 8.71. The fourth-order valence-corrected chi connectivity index (χ4v) is 8.18. The molecule has 0 aliphatic heterocycles. The van der Waals surface area contributed by atoms with Crippen LogP contribution in [0.5, 0.6) is 0 Å². The molecule has 2 aromatic rings. The summed E-state index contributed by atoms with van der Waals surface area (Å²) in [5.74, 6) is 0. The Balaban J connectivity index is 1.83. The van der Waals surface area contributed by atoms with E-state index >= 15 is 0 Å². The van der Waals surface area contributed by atoms with Gasteiger partial charge in [0.15, 0.2) is 0 Å². The molecule has 0 saturated heterocycles. The molecule has 38 heavy (non-hydrogen) atoms. The molecule has 0 radical (unpaired) electrons. The normalized spacial score (nSPS) is 12.3. The SMILES string of the molecule is CCO[Si](CCCNCc1ccnc(-c2cc(CNCCC[Si](OC)(OC)OCC)ccn2)c1)(OC)OC. The van der Waals surface area contributed by atoms with Crippen molar-refractivity contribution in [3.63, 3.8) is 0 Å². The van der Waals surface area contributed by atoms with Crippen LogP contribution in [0.25, 0.3) is 11.4 Å². The van der Waals surface area contributed by atoms with Crippen molar-refractivity contribution in [2.24, 2.45) is 0 Å². The average Bonchev–Trinajstić information content (AvgIpc) is 2.96. The molecule has 0 saturated carbocycles. The van der Waals surface area contributed by atoms with Gasteiger partial charge in [-0.25, -0.2) is 0 Å². The summed E-state index contributed by atoms with van der Waals surface area (Å²) >= 11 is 0. The van der Waals surface area contributed by atoms with E-state index in [4.69, 9.17) is 26.6 Å². The number of hydrogen-bond acceptors (Lipinski definition) is 10. The predicted octanol–water partition coefficient (Wildman–Crippen LogP) is 3.64. The van der Waals surface area contributed by atoms with Crippen LogP contribution in [0.3, 0.4) is 0 Å². The van der Waals surface area contributed by atoms with Gasteiger partial charge in [-0.15, -0.1) is 0 Å². The molecule has 2 heterocycles. The largest absolute Gasteiger partial charge is 0.500 e. The minimum absolute atomic E-state index is 0.589. The van der Waals surface area contributed by atoms with Crippen LogP contribution in [0, 0.1) is 0 Å². The van der Waals surface area contributed by atoms with E-state index in [-0.39, 0.29) is 0 Å². The van der Waals surface area contributed by atoms with Gasteiger partial charge in [0.25, 0.3) is 0 Å². The summed E-state index contributed by atoms with van der Waals surface area (Å²) in [6.45, 7) is 8.27. The van der Waals surface area contributed by atoms with E-state index in [1.807, 2.05) is 38.4 Å². The maximum atomic E-state index is 5.77. The van der Waals surface area contributed by atoms with Gasteiger partial charge in [-0.2, -0.15) is 0 Å². The van der Waals surface area contributed by atoms with Crippen molar-refractivity contribution in [2.45, 2.75) is 51.9 Å². The molecule has 0 aliphatic rings. The van der Waals surface area contributed by atoms with Crippen LogP contribution in [-0.4, -0.2) is 82.3 Å². The Morgan fingerprint density at radius 1 is 0.658 bits per heavy atom. The molecular weight excluding hydrogens is 520 g/mol. The number of aromatic nitrogens is 2. The highest BCUT2D eigenvalue weighted by atomic mass is 28.4. The first-order chi connectivity index (χ1) is 18.5. The van der Waals surface area contributed by atoms with E-state index in [2.05, 4.69) is 32.7 Å². The van der Waals surface area contributed by atoms with Crippen LogP contribution in [0.15, 0.2) is 36.7 Å². The van der Waals surface area contributed by atoms with Crippen molar-refractivity contribution in [3.05, 3.63) is 47.8 Å². The van der Waals surface area contributed by atoms with Gasteiger partial charge in [-0.05, 0) is 75.2 Å². The zero-order chi connectivity index (χ0) is 27.7. The van der Waals surface area contributed by atoms with Gasteiger partial charge in [0.1, 0.15) is 0 Å². The highest BCUT2D eigenvalue weighted by Gasteiger charge is 2.38. The average molecular weight is 567 g/mol. The van der Waals surface area contributed by atoms with Crippen LogP contribution in [-0.2, 0) is 39.6 Å². The molecule has 0 aromatic carbocycles. The number of hydrogen-bond donors (Lipinski definition) is 2. The standard InChI is InChI=1S/C26H46N4O6Si2/c1-7-35-37(31-3,32-4)17-9-13-27-21-23-11-15-29-25(19-23)26-20-24(12-16-30-26)22-28-14-10-18-38(33-5,34-6)36-8-2/h11-12,15-16,19-20,27-28H,7-10,13-14,17-18,21-22H2,1-6H3. The highest BCUT2D eigenvalue weighted by molar-refractivity contribution is 6.60. The highest BCUT2D eigenvalue weighted by Crippen LogP contribution is 2.19. The fourth-order valence-electron chi connectivity index (χ4n) is 4.17. The van der Waals surface area contributed by atoms with Gasteiger partial charge in [0.05, 0.1) is 11.4 Å². The molecule has 10 nitrogen and oxygen atoms in total. The van der Waals surface area contributed by atoms with Gasteiger partial charge in [-0.3, -0.25) is 9.97 Å². The third kappa shape index (κ3) is 10.5. The van der Waals surface area contributed by atoms with Crippen LogP contribution >= 0.6 is 0 Å². The number of pyridine rings is 2. The van der Waals surface area contributed by atoms with Crippen LogP contribution in [0.4, 0.5) is 0 Å². The zero-order valence-electron chi connectivity index (χ0n) is 23.9. The first kappa shape index (κ1) is 32.6. The maximum Gasteiger partial charge on any atom is 0.500 e. The summed E-state index contributed by atoms with van der Waals surface area (Å²) in [6, 6.07) is 9.78. The number of nitrogens with one attached hydrogen (secondary N) is 2. The lowest BCUT2D eigenvalue weighted by atomic mass is 10.1. The Morgan fingerprint density at radius 3 is 1.39 bits per heavy atom. The molecule has 0 aliphatic carbocycles. The van der Waals surface area contributed by atoms with Crippen molar-refractivity contribution in [3.8, 4) is 11.4 Å². The summed E-state index contributed by atoms with van der Waals surface area (Å²) in [7, 11) is 1.57. The van der Waals surface area contributed by atoms with Crippen molar-refractivity contribution >= 4 is 17.6 Å². The Hall–Kier alpha value is -1.59. The Labute approximate surface area is 230 Å². The minimum atomic E-state index is -2.54. The van der Waals surface area contributed by atoms with Crippen molar-refractivity contribution in [1.82, 2.24) is 20.6 Å². The Bertz CT molecular complexity index is 845. The molecule has 0 bridgehead atoms. The molecule has 0 fully saturated rings. The van der Waals surface area contributed by atoms with E-state index in [1.165, 1.54) is 0 Å². The second-order valence-corrected chi connectivity index (χ2v) is 14.7. The van der Waals surface area contributed by atoms with Crippen molar-refractivity contribution in [2.75, 3.05) is 54.7 Å². The third-order valence-corrected chi connectivity index (χ3v) is 12.1. The van der Waals surface area contributed by atoms with Gasteiger partial charge in [0.2, 0.25) is 0 Å². The Morgan fingerprint density at radius 2 is 1.05 bits per heavy atom. The molecule has 2 aromatic heterocycles. The van der Waals surface area contributed by atoms with E-state index < -0.39 is 17.6 Å². The lowest BCUT2D eigenvalue weighted by molar-refractivity contribution is 0.103. The molecule has 0 atom stereocenters. The lowest BCUT2D eigenvalue weighted by Gasteiger charge is -2.25. The first-order valence-corrected chi connectivity index (χ1v) is 17.2. The topological polar surface area (TPSA) is 105 Å². The molecular formula is C26H46N4O6Si2. The summed E-state index contributed by atoms with van der Waals surface area (Å²) in [6.07, 6.45) is 5.49. The van der Waals surface area contributed by atoms with Crippen LogP contribution < -0.4 is 10.6 Å². The van der Waals surface area contributed by atoms with Crippen molar-refractivity contribution < 1.29 is 26.6 Å². The maximum absolute atomic E-state index is 5.77. The van der Waals surface area contributed by atoms with Gasteiger partial charge >= 0.3 is 17.6 Å². The molecule has 0 amide bonds. The number of rotatable bonds is 21. The number of nitrogens with zero attached hydrogens (tertiary/aromatic N) is 2. The summed E-state index contributed by atoms with van der Waals surface area (Å²) in [4.78, 5) is 9.10. The van der Waals surface area contributed by atoms with E-state index in [0.717, 1.165) is 73.6 Å². The van der Waals surface area contributed by atoms with Crippen LogP contribution in [0.1, 0.15) is 37.8 Å². The predicted molar refractivity (Wildman–Crippen MR) is 153 cm³/mol. The lowest BCUT2D eigenvalue weighted by Crippen LogP contribution is -2.44. The summed E-state index contributed by atoms with van der Waals surface area (Å²) in [5, 5.41) is 6.99. The Kier molecular flexibility index (Phi) is 15.4. The molecule has 0 spiro atoms. The van der Waals surface area contributed by atoms with E-state index in [0.29, 0.717) is 13.2 Å². The summed E-state index contributed by atoms with van der Waals surface area (Å²) in [5.41, 5.74) is 4.04. The second kappa shape index (κ2) is 17.9. The molecule has 2 N–H and O–H groups in total. The van der Waals surface area contributed by atoms with E-state index in [9.17, 15) is 0 Å². The third-order valence-electron chi connectivity index (χ3n) is 6.21. The first-order valence-electron chi connectivity index (χ1n) is 13.3. The smallest absolute Gasteiger partial charge is 0.377 e.